The third-order valence-corrected chi connectivity index (χ3v) is 3.49. The first kappa shape index (κ1) is 15.0. The van der Waals surface area contributed by atoms with Crippen molar-refractivity contribution in [3.8, 4) is 0 Å². The first-order valence-electron chi connectivity index (χ1n) is 7.09. The fraction of sp³-hybridized carbons (Fsp3) is 0.294. The number of aryl methyl sites for hydroxylation is 1. The smallest absolute Gasteiger partial charge is 0.254 e. The van der Waals surface area contributed by atoms with Gasteiger partial charge in [0.1, 0.15) is 0 Å². The van der Waals surface area contributed by atoms with Gasteiger partial charge < -0.3 is 10.6 Å². The van der Waals surface area contributed by atoms with Gasteiger partial charge in [-0.3, -0.25) is 9.78 Å². The van der Waals surface area contributed by atoms with Gasteiger partial charge in [0.15, 0.2) is 0 Å². The number of pyridine rings is 1. The number of hydrogen-bond donors (Lipinski definition) is 2. The van der Waals surface area contributed by atoms with Gasteiger partial charge >= 0.3 is 0 Å². The van der Waals surface area contributed by atoms with Crippen molar-refractivity contribution in [3.63, 3.8) is 0 Å². The third kappa shape index (κ3) is 3.81. The Kier molecular flexibility index (Phi) is 4.93. The van der Waals surface area contributed by atoms with E-state index >= 15 is 0 Å². The molecule has 1 atom stereocenters. The van der Waals surface area contributed by atoms with Crippen LogP contribution in [0, 0.1) is 6.92 Å². The Morgan fingerprint density at radius 1 is 1.29 bits per heavy atom. The van der Waals surface area contributed by atoms with E-state index in [1.807, 2.05) is 31.2 Å². The summed E-state index contributed by atoms with van der Waals surface area (Å²) in [6.45, 7) is 4.60. The van der Waals surface area contributed by atoms with Crippen molar-refractivity contribution in [1.29, 1.82) is 0 Å². The SMILES string of the molecule is CNc1cc(C)ncc1C(=O)NCC(C)c1ccccc1. The lowest BCUT2D eigenvalue weighted by atomic mass is 10.0. The van der Waals surface area contributed by atoms with Crippen LogP contribution < -0.4 is 10.6 Å². The van der Waals surface area contributed by atoms with E-state index in [2.05, 4.69) is 34.7 Å². The fourth-order valence-corrected chi connectivity index (χ4v) is 2.19. The van der Waals surface area contributed by atoms with Gasteiger partial charge in [-0.1, -0.05) is 37.3 Å². The number of rotatable bonds is 5. The number of anilines is 1. The molecule has 4 nitrogen and oxygen atoms in total. The maximum Gasteiger partial charge on any atom is 0.254 e. The van der Waals surface area contributed by atoms with Crippen LogP contribution in [0.2, 0.25) is 0 Å². The summed E-state index contributed by atoms with van der Waals surface area (Å²) in [5.41, 5.74) is 3.47. The van der Waals surface area contributed by atoms with Crippen molar-refractivity contribution < 1.29 is 4.79 Å². The number of hydrogen-bond acceptors (Lipinski definition) is 3. The van der Waals surface area contributed by atoms with E-state index in [0.29, 0.717) is 12.1 Å². The minimum atomic E-state index is -0.102. The molecule has 0 bridgehead atoms. The first-order chi connectivity index (χ1) is 10.1. The van der Waals surface area contributed by atoms with Crippen molar-refractivity contribution in [3.05, 3.63) is 59.4 Å². The molecule has 1 aromatic carbocycles. The molecule has 2 rings (SSSR count). The molecule has 0 spiro atoms. The van der Waals surface area contributed by atoms with Crippen molar-refractivity contribution in [2.45, 2.75) is 19.8 Å². The molecule has 1 heterocycles. The highest BCUT2D eigenvalue weighted by Gasteiger charge is 2.13. The minimum absolute atomic E-state index is 0.102. The zero-order chi connectivity index (χ0) is 15.2. The predicted molar refractivity (Wildman–Crippen MR) is 85.7 cm³/mol. The Balaban J connectivity index is 2.02. The van der Waals surface area contributed by atoms with Crippen LogP contribution in [0.15, 0.2) is 42.6 Å². The summed E-state index contributed by atoms with van der Waals surface area (Å²) in [5, 5.41) is 6.01. The van der Waals surface area contributed by atoms with Crippen LogP contribution in [0.25, 0.3) is 0 Å². The van der Waals surface area contributed by atoms with Gasteiger partial charge in [0.25, 0.3) is 5.91 Å². The largest absolute Gasteiger partial charge is 0.387 e. The highest BCUT2D eigenvalue weighted by Crippen LogP contribution is 2.16. The van der Waals surface area contributed by atoms with Crippen molar-refractivity contribution >= 4 is 11.6 Å². The molecule has 1 unspecified atom stereocenters. The van der Waals surface area contributed by atoms with Gasteiger partial charge in [0.2, 0.25) is 0 Å². The number of amides is 1. The zero-order valence-electron chi connectivity index (χ0n) is 12.7. The molecule has 0 aliphatic heterocycles. The number of nitrogens with one attached hydrogen (secondary N) is 2. The highest BCUT2D eigenvalue weighted by molar-refractivity contribution is 5.99. The maximum atomic E-state index is 12.3. The van der Waals surface area contributed by atoms with Gasteiger partial charge in [0, 0.05) is 25.5 Å². The highest BCUT2D eigenvalue weighted by atomic mass is 16.1. The number of aromatic nitrogens is 1. The molecule has 2 N–H and O–H groups in total. The Labute approximate surface area is 125 Å². The average molecular weight is 283 g/mol. The van der Waals surface area contributed by atoms with Crippen LogP contribution in [0.1, 0.15) is 34.5 Å². The summed E-state index contributed by atoms with van der Waals surface area (Å²) in [4.78, 5) is 16.5. The Morgan fingerprint density at radius 3 is 2.67 bits per heavy atom. The number of benzene rings is 1. The summed E-state index contributed by atoms with van der Waals surface area (Å²) in [7, 11) is 1.80. The molecule has 1 aromatic heterocycles. The molecule has 110 valence electrons. The molecule has 0 aliphatic carbocycles. The van der Waals surface area contributed by atoms with Crippen LogP contribution >= 0.6 is 0 Å². The molecular formula is C17H21N3O. The van der Waals surface area contributed by atoms with Gasteiger partial charge in [-0.25, -0.2) is 0 Å². The van der Waals surface area contributed by atoms with E-state index in [9.17, 15) is 4.79 Å². The van der Waals surface area contributed by atoms with Gasteiger partial charge in [0.05, 0.1) is 11.3 Å². The quantitative estimate of drug-likeness (QED) is 0.887. The second kappa shape index (κ2) is 6.88. The Morgan fingerprint density at radius 2 is 2.00 bits per heavy atom. The molecule has 0 saturated heterocycles. The van der Waals surface area contributed by atoms with Gasteiger partial charge in [-0.05, 0) is 24.5 Å². The monoisotopic (exact) mass is 283 g/mol. The normalized spacial score (nSPS) is 11.8. The standard InChI is InChI=1S/C17H21N3O/c1-12(14-7-5-4-6-8-14)10-20-17(21)15-11-19-13(2)9-16(15)18-3/h4-9,11-12H,10H2,1-3H3,(H,18,19)(H,20,21). The number of carbonyl (C=O) groups is 1. The summed E-state index contributed by atoms with van der Waals surface area (Å²) >= 11 is 0. The molecule has 0 aliphatic rings. The molecule has 1 amide bonds. The molecule has 0 fully saturated rings. The first-order valence-corrected chi connectivity index (χ1v) is 7.09. The summed E-state index contributed by atoms with van der Waals surface area (Å²) < 4.78 is 0. The van der Waals surface area contributed by atoms with E-state index in [4.69, 9.17) is 0 Å². The summed E-state index contributed by atoms with van der Waals surface area (Å²) in [6.07, 6.45) is 1.61. The van der Waals surface area contributed by atoms with E-state index < -0.39 is 0 Å². The van der Waals surface area contributed by atoms with E-state index in [1.54, 1.807) is 13.2 Å². The van der Waals surface area contributed by atoms with Crippen molar-refractivity contribution in [2.75, 3.05) is 18.9 Å². The maximum absolute atomic E-state index is 12.3. The number of nitrogens with zero attached hydrogens (tertiary/aromatic N) is 1. The lowest BCUT2D eigenvalue weighted by Gasteiger charge is -2.14. The van der Waals surface area contributed by atoms with Crippen molar-refractivity contribution in [2.24, 2.45) is 0 Å². The minimum Gasteiger partial charge on any atom is -0.387 e. The fourth-order valence-electron chi connectivity index (χ4n) is 2.19. The molecule has 21 heavy (non-hydrogen) atoms. The number of carbonyl (C=O) groups excluding carboxylic acids is 1. The van der Waals surface area contributed by atoms with Crippen LogP contribution in [-0.2, 0) is 0 Å². The van der Waals surface area contributed by atoms with Gasteiger partial charge in [-0.15, -0.1) is 0 Å². The van der Waals surface area contributed by atoms with Crippen LogP contribution in [0.5, 0.6) is 0 Å². The predicted octanol–water partition coefficient (Wildman–Crippen LogP) is 2.97. The molecule has 0 saturated carbocycles. The van der Waals surface area contributed by atoms with E-state index in [0.717, 1.165) is 11.4 Å². The van der Waals surface area contributed by atoms with Crippen LogP contribution in [0.3, 0.4) is 0 Å². The second-order valence-electron chi connectivity index (χ2n) is 5.14. The van der Waals surface area contributed by atoms with E-state index in [-0.39, 0.29) is 11.8 Å². The topological polar surface area (TPSA) is 54.0 Å². The lowest BCUT2D eigenvalue weighted by molar-refractivity contribution is 0.0952. The third-order valence-electron chi connectivity index (χ3n) is 3.49. The molecule has 4 heteroatoms. The zero-order valence-corrected chi connectivity index (χ0v) is 12.7. The summed E-state index contributed by atoms with van der Waals surface area (Å²) in [5.74, 6) is 0.168. The summed E-state index contributed by atoms with van der Waals surface area (Å²) in [6, 6.07) is 12.0. The molecule has 2 aromatic rings. The average Bonchev–Trinajstić information content (AvgIpc) is 2.52. The van der Waals surface area contributed by atoms with E-state index in [1.165, 1.54) is 5.56 Å². The van der Waals surface area contributed by atoms with Crippen LogP contribution in [-0.4, -0.2) is 24.5 Å². The Bertz CT molecular complexity index is 611. The van der Waals surface area contributed by atoms with Crippen LogP contribution in [0.4, 0.5) is 5.69 Å². The lowest BCUT2D eigenvalue weighted by Crippen LogP contribution is -2.28. The van der Waals surface area contributed by atoms with Crippen molar-refractivity contribution in [1.82, 2.24) is 10.3 Å². The molecule has 0 radical (unpaired) electrons. The Hall–Kier alpha value is -2.36. The van der Waals surface area contributed by atoms with Gasteiger partial charge in [-0.2, -0.15) is 0 Å². The second-order valence-corrected chi connectivity index (χ2v) is 5.14. The molecular weight excluding hydrogens is 262 g/mol.